The van der Waals surface area contributed by atoms with Crippen LogP contribution in [0.15, 0.2) is 36.7 Å². The molecule has 2 atom stereocenters. The van der Waals surface area contributed by atoms with E-state index < -0.39 is 11.7 Å². The number of benzene rings is 1. The molecule has 35 heavy (non-hydrogen) atoms. The van der Waals surface area contributed by atoms with Crippen LogP contribution >= 0.6 is 0 Å². The quantitative estimate of drug-likeness (QED) is 0.584. The molecule has 3 heterocycles. The van der Waals surface area contributed by atoms with Gasteiger partial charge in [0, 0.05) is 43.2 Å². The van der Waals surface area contributed by atoms with Crippen LogP contribution in [0, 0.1) is 24.1 Å². The number of carbonyl (C=O) groups excluding carboxylic acids is 2. The highest BCUT2D eigenvalue weighted by Gasteiger charge is 2.55. The number of aromatic nitrogens is 4. The number of anilines is 1. The third-order valence-electron chi connectivity index (χ3n) is 7.09. The van der Waals surface area contributed by atoms with Crippen LogP contribution in [0.1, 0.15) is 55.0 Å². The maximum Gasteiger partial charge on any atom is 0.289 e. The van der Waals surface area contributed by atoms with Crippen molar-refractivity contribution in [3.8, 4) is 11.1 Å². The van der Waals surface area contributed by atoms with E-state index >= 15 is 0 Å². The van der Waals surface area contributed by atoms with Gasteiger partial charge in [0.25, 0.3) is 5.91 Å². The van der Waals surface area contributed by atoms with Crippen molar-refractivity contribution in [2.75, 3.05) is 4.90 Å². The fourth-order valence-electron chi connectivity index (χ4n) is 5.19. The summed E-state index contributed by atoms with van der Waals surface area (Å²) >= 11 is 0. The van der Waals surface area contributed by atoms with Crippen molar-refractivity contribution in [2.45, 2.75) is 52.6 Å². The van der Waals surface area contributed by atoms with Crippen LogP contribution in [0.25, 0.3) is 11.1 Å². The van der Waals surface area contributed by atoms with Crippen LogP contribution in [-0.2, 0) is 18.4 Å². The predicted octanol–water partition coefficient (Wildman–Crippen LogP) is 3.80. The Labute approximate surface area is 203 Å². The Bertz CT molecular complexity index is 1320. The fraction of sp³-hybridized carbons (Fsp3) is 0.423. The van der Waals surface area contributed by atoms with Gasteiger partial charge in [-0.1, -0.05) is 6.92 Å². The van der Waals surface area contributed by atoms with Gasteiger partial charge in [0.2, 0.25) is 11.7 Å². The number of aryl methyl sites for hydroxylation is 2. The van der Waals surface area contributed by atoms with E-state index in [0.29, 0.717) is 28.6 Å². The molecular formula is C26H29FN6O2. The number of hydrogen-bond acceptors (Lipinski definition) is 5. The zero-order valence-corrected chi connectivity index (χ0v) is 20.4. The molecule has 8 nitrogen and oxygen atoms in total. The van der Waals surface area contributed by atoms with Crippen molar-refractivity contribution < 1.29 is 14.0 Å². The zero-order valence-electron chi connectivity index (χ0n) is 20.4. The van der Waals surface area contributed by atoms with E-state index in [1.807, 2.05) is 19.9 Å². The second kappa shape index (κ2) is 8.55. The van der Waals surface area contributed by atoms with Crippen LogP contribution in [0.4, 0.5) is 10.2 Å². The lowest BCUT2D eigenvalue weighted by Gasteiger charge is -2.24. The van der Waals surface area contributed by atoms with E-state index in [2.05, 4.69) is 20.4 Å². The van der Waals surface area contributed by atoms with Gasteiger partial charge < -0.3 is 5.32 Å². The Morgan fingerprint density at radius 3 is 2.66 bits per heavy atom. The average Bonchev–Trinajstić information content (AvgIpc) is 3.53. The topological polar surface area (TPSA) is 93.0 Å². The smallest absolute Gasteiger partial charge is 0.289 e. The standard InChI is InChI=1S/C26H29FN6O2/c1-15-7-22(33-16(2)11-26(3,25(33)35)20-5-6-20)31-23(30-15)24(34)28-12-17-8-18(10-21(27)9-17)19-13-29-32(4)14-19/h7-10,13-14,16,20H,5-6,11-12H2,1-4H3,(H,28,34)/t16-,26-/m0/s1. The first-order chi connectivity index (χ1) is 16.6. The molecule has 3 aromatic rings. The van der Waals surface area contributed by atoms with Gasteiger partial charge in [-0.05, 0) is 68.4 Å². The molecule has 1 aliphatic heterocycles. The Hall–Kier alpha value is -3.62. The van der Waals surface area contributed by atoms with Crippen molar-refractivity contribution in [1.29, 1.82) is 0 Å². The highest BCUT2D eigenvalue weighted by molar-refractivity contribution is 6.00. The molecular weight excluding hydrogens is 447 g/mol. The molecule has 1 aliphatic carbocycles. The van der Waals surface area contributed by atoms with E-state index in [4.69, 9.17) is 0 Å². The SMILES string of the molecule is Cc1cc(N2C(=O)[C@](C)(C3CC3)C[C@@H]2C)nc(C(=O)NCc2cc(F)cc(-c3cnn(C)c3)c2)n1. The third-order valence-corrected chi connectivity index (χ3v) is 7.09. The minimum Gasteiger partial charge on any atom is -0.345 e. The van der Waals surface area contributed by atoms with E-state index in [-0.39, 0.29) is 29.7 Å². The van der Waals surface area contributed by atoms with Gasteiger partial charge in [-0.3, -0.25) is 19.2 Å². The maximum absolute atomic E-state index is 14.2. The van der Waals surface area contributed by atoms with Gasteiger partial charge in [-0.2, -0.15) is 5.10 Å². The molecule has 0 spiro atoms. The normalized spacial score (nSPS) is 22.0. The Morgan fingerprint density at radius 1 is 1.20 bits per heavy atom. The maximum atomic E-state index is 14.2. The van der Waals surface area contributed by atoms with E-state index in [0.717, 1.165) is 24.8 Å². The fourth-order valence-corrected chi connectivity index (χ4v) is 5.19. The van der Waals surface area contributed by atoms with Crippen LogP contribution < -0.4 is 10.2 Å². The van der Waals surface area contributed by atoms with E-state index in [1.54, 1.807) is 42.0 Å². The first kappa shape index (κ1) is 23.1. The minimum absolute atomic E-state index is 0.00324. The summed E-state index contributed by atoms with van der Waals surface area (Å²) in [6, 6.07) is 6.37. The molecule has 1 aromatic carbocycles. The van der Waals surface area contributed by atoms with Crippen molar-refractivity contribution in [3.63, 3.8) is 0 Å². The largest absolute Gasteiger partial charge is 0.345 e. The third kappa shape index (κ3) is 4.42. The molecule has 9 heteroatoms. The molecule has 1 saturated carbocycles. The highest BCUT2D eigenvalue weighted by Crippen LogP contribution is 2.53. The van der Waals surface area contributed by atoms with Crippen molar-refractivity contribution in [2.24, 2.45) is 18.4 Å². The van der Waals surface area contributed by atoms with Gasteiger partial charge in [0.05, 0.1) is 11.6 Å². The number of carbonyl (C=O) groups is 2. The molecule has 2 fully saturated rings. The number of nitrogens with zero attached hydrogens (tertiary/aromatic N) is 5. The Balaban J connectivity index is 1.34. The van der Waals surface area contributed by atoms with Crippen LogP contribution in [0.5, 0.6) is 0 Å². The van der Waals surface area contributed by atoms with Gasteiger partial charge in [0.1, 0.15) is 11.6 Å². The summed E-state index contributed by atoms with van der Waals surface area (Å²) in [6.07, 6.45) is 6.41. The molecule has 2 aliphatic rings. The van der Waals surface area contributed by atoms with Crippen LogP contribution in [0.2, 0.25) is 0 Å². The zero-order chi connectivity index (χ0) is 24.9. The summed E-state index contributed by atoms with van der Waals surface area (Å²) in [6.45, 7) is 5.95. The summed E-state index contributed by atoms with van der Waals surface area (Å²) in [5.41, 5.74) is 2.30. The second-order valence-electron chi connectivity index (χ2n) is 10.0. The average molecular weight is 477 g/mol. The Kier molecular flexibility index (Phi) is 5.65. The molecule has 1 N–H and O–H groups in total. The first-order valence-electron chi connectivity index (χ1n) is 11.9. The molecule has 0 radical (unpaired) electrons. The minimum atomic E-state index is -0.480. The van der Waals surface area contributed by atoms with Crippen LogP contribution in [0.3, 0.4) is 0 Å². The monoisotopic (exact) mass is 476 g/mol. The molecule has 2 aromatic heterocycles. The number of hydrogen-bond donors (Lipinski definition) is 1. The number of nitrogens with one attached hydrogen (secondary N) is 1. The number of amides is 2. The van der Waals surface area contributed by atoms with Crippen molar-refractivity contribution in [3.05, 3.63) is 59.6 Å². The molecule has 2 amide bonds. The summed E-state index contributed by atoms with van der Waals surface area (Å²) < 4.78 is 15.9. The van der Waals surface area contributed by atoms with Crippen molar-refractivity contribution >= 4 is 17.6 Å². The molecule has 1 saturated heterocycles. The lowest BCUT2D eigenvalue weighted by atomic mass is 9.82. The summed E-state index contributed by atoms with van der Waals surface area (Å²) in [7, 11) is 1.79. The Morgan fingerprint density at radius 2 is 1.97 bits per heavy atom. The lowest BCUT2D eigenvalue weighted by molar-refractivity contribution is -0.125. The molecule has 182 valence electrons. The predicted molar refractivity (Wildman–Crippen MR) is 129 cm³/mol. The second-order valence-corrected chi connectivity index (χ2v) is 10.0. The summed E-state index contributed by atoms with van der Waals surface area (Å²) in [4.78, 5) is 36.7. The first-order valence-corrected chi connectivity index (χ1v) is 11.9. The highest BCUT2D eigenvalue weighted by atomic mass is 19.1. The van der Waals surface area contributed by atoms with Gasteiger partial charge in [-0.25, -0.2) is 14.4 Å². The molecule has 0 unspecified atom stereocenters. The molecule has 0 bridgehead atoms. The van der Waals surface area contributed by atoms with Gasteiger partial charge in [0.15, 0.2) is 0 Å². The van der Waals surface area contributed by atoms with Crippen LogP contribution in [-0.4, -0.2) is 37.6 Å². The summed E-state index contributed by atoms with van der Waals surface area (Å²) in [5, 5.41) is 6.91. The van der Waals surface area contributed by atoms with Crippen molar-refractivity contribution in [1.82, 2.24) is 25.1 Å². The van der Waals surface area contributed by atoms with Gasteiger partial charge >= 0.3 is 0 Å². The molecule has 5 rings (SSSR count). The van der Waals surface area contributed by atoms with E-state index in [9.17, 15) is 14.0 Å². The van der Waals surface area contributed by atoms with Gasteiger partial charge in [-0.15, -0.1) is 0 Å². The number of rotatable bonds is 6. The lowest BCUT2D eigenvalue weighted by Crippen LogP contribution is -2.37. The number of halogens is 1. The summed E-state index contributed by atoms with van der Waals surface area (Å²) in [5.74, 6) is 0.0602. The van der Waals surface area contributed by atoms with E-state index in [1.165, 1.54) is 12.1 Å².